The Kier molecular flexibility index (Phi) is 3.80. The minimum Gasteiger partial charge on any atom is -0.469 e. The summed E-state index contributed by atoms with van der Waals surface area (Å²) >= 11 is 0. The van der Waals surface area contributed by atoms with Crippen LogP contribution in [0.3, 0.4) is 0 Å². The number of nitrogens with zero attached hydrogens (tertiary/aromatic N) is 1. The number of hydrogen-bond donors (Lipinski definition) is 0. The molecule has 1 aliphatic heterocycles. The van der Waals surface area contributed by atoms with Crippen molar-refractivity contribution in [2.75, 3.05) is 7.11 Å². The second-order valence-corrected chi connectivity index (χ2v) is 4.69. The number of esters is 1. The molecular formula is C15H19NO2. The van der Waals surface area contributed by atoms with Crippen LogP contribution in [0.4, 0.5) is 0 Å². The van der Waals surface area contributed by atoms with Crippen LogP contribution in [-0.2, 0) is 9.53 Å². The van der Waals surface area contributed by atoms with Gasteiger partial charge in [0.2, 0.25) is 0 Å². The van der Waals surface area contributed by atoms with Crippen molar-refractivity contribution in [1.29, 1.82) is 0 Å². The molecule has 0 saturated carbocycles. The van der Waals surface area contributed by atoms with Crippen LogP contribution in [0.25, 0.3) is 0 Å². The van der Waals surface area contributed by atoms with Gasteiger partial charge in [0.25, 0.3) is 0 Å². The van der Waals surface area contributed by atoms with Crippen LogP contribution in [-0.4, -0.2) is 24.8 Å². The Labute approximate surface area is 108 Å². The molecule has 3 nitrogen and oxygen atoms in total. The van der Waals surface area contributed by atoms with Crippen molar-refractivity contribution in [3.8, 4) is 0 Å². The molecule has 0 N–H and O–H groups in total. The number of ether oxygens (including phenoxy) is 1. The van der Waals surface area contributed by atoms with Crippen LogP contribution >= 0.6 is 0 Å². The van der Waals surface area contributed by atoms with Gasteiger partial charge < -0.3 is 4.74 Å². The van der Waals surface area contributed by atoms with E-state index in [0.29, 0.717) is 0 Å². The van der Waals surface area contributed by atoms with Crippen LogP contribution in [0.2, 0.25) is 0 Å². The molecule has 0 radical (unpaired) electrons. The number of aliphatic imine (C=N–C) groups is 1. The van der Waals surface area contributed by atoms with Crippen LogP contribution in [0.15, 0.2) is 35.3 Å². The Morgan fingerprint density at radius 3 is 2.56 bits per heavy atom. The summed E-state index contributed by atoms with van der Waals surface area (Å²) in [5.74, 6) is -0.177. The average molecular weight is 245 g/mol. The van der Waals surface area contributed by atoms with E-state index in [1.54, 1.807) is 0 Å². The first-order valence-electron chi connectivity index (χ1n) is 6.40. The Balaban J connectivity index is 2.31. The molecule has 1 aromatic rings. The largest absolute Gasteiger partial charge is 0.469 e. The zero-order valence-corrected chi connectivity index (χ0v) is 11.1. The first-order chi connectivity index (χ1) is 8.69. The van der Waals surface area contributed by atoms with Crippen molar-refractivity contribution in [3.63, 3.8) is 0 Å². The van der Waals surface area contributed by atoms with Gasteiger partial charge >= 0.3 is 5.97 Å². The Bertz CT molecular complexity index is 453. The van der Waals surface area contributed by atoms with Crippen molar-refractivity contribution < 1.29 is 9.53 Å². The number of carbonyl (C=O) groups is 1. The SMILES string of the molecule is CC[C@H]1N=C(c2ccccc2)[C@H](C)[C@H]1C(=O)OC. The van der Waals surface area contributed by atoms with E-state index in [0.717, 1.165) is 17.7 Å². The molecule has 0 bridgehead atoms. The number of methoxy groups -OCH3 is 1. The first kappa shape index (κ1) is 12.8. The van der Waals surface area contributed by atoms with Crippen molar-refractivity contribution >= 4 is 11.7 Å². The molecule has 0 fully saturated rings. The molecule has 0 saturated heterocycles. The molecule has 0 amide bonds. The lowest BCUT2D eigenvalue weighted by molar-refractivity contribution is -0.146. The third-order valence-corrected chi connectivity index (χ3v) is 3.65. The number of hydrogen-bond acceptors (Lipinski definition) is 3. The highest BCUT2D eigenvalue weighted by Crippen LogP contribution is 2.32. The fraction of sp³-hybridized carbons (Fsp3) is 0.467. The van der Waals surface area contributed by atoms with Gasteiger partial charge in [0.15, 0.2) is 0 Å². The quantitative estimate of drug-likeness (QED) is 0.768. The zero-order chi connectivity index (χ0) is 13.1. The Morgan fingerprint density at radius 1 is 1.33 bits per heavy atom. The summed E-state index contributed by atoms with van der Waals surface area (Å²) in [5.41, 5.74) is 2.13. The van der Waals surface area contributed by atoms with Gasteiger partial charge in [-0.25, -0.2) is 0 Å². The van der Waals surface area contributed by atoms with Gasteiger partial charge in [0, 0.05) is 11.6 Å². The first-order valence-corrected chi connectivity index (χ1v) is 6.40. The van der Waals surface area contributed by atoms with E-state index in [1.165, 1.54) is 7.11 Å². The predicted molar refractivity (Wildman–Crippen MR) is 71.7 cm³/mol. The molecule has 0 unspecified atom stereocenters. The molecule has 1 aliphatic rings. The molecule has 96 valence electrons. The van der Waals surface area contributed by atoms with E-state index in [2.05, 4.69) is 13.8 Å². The third-order valence-electron chi connectivity index (χ3n) is 3.65. The molecule has 1 aromatic carbocycles. The summed E-state index contributed by atoms with van der Waals surface area (Å²) in [6, 6.07) is 10.1. The van der Waals surface area contributed by atoms with Gasteiger partial charge in [-0.15, -0.1) is 0 Å². The van der Waals surface area contributed by atoms with E-state index >= 15 is 0 Å². The highest BCUT2D eigenvalue weighted by molar-refractivity contribution is 6.05. The molecule has 0 spiro atoms. The monoisotopic (exact) mass is 245 g/mol. The normalized spacial score (nSPS) is 26.8. The van der Waals surface area contributed by atoms with Gasteiger partial charge in [-0.05, 0) is 12.0 Å². The van der Waals surface area contributed by atoms with Crippen molar-refractivity contribution in [2.24, 2.45) is 16.8 Å². The molecule has 2 rings (SSSR count). The highest BCUT2D eigenvalue weighted by atomic mass is 16.5. The van der Waals surface area contributed by atoms with Crippen molar-refractivity contribution in [3.05, 3.63) is 35.9 Å². The molecule has 18 heavy (non-hydrogen) atoms. The lowest BCUT2D eigenvalue weighted by atomic mass is 9.85. The standard InChI is InChI=1S/C15H19NO2/c1-4-12-13(15(17)18-3)10(2)14(16-12)11-8-6-5-7-9-11/h5-10,12-13H,4H2,1-3H3/t10-,12-,13-/m1/s1. The summed E-state index contributed by atoms with van der Waals surface area (Å²) in [6.07, 6.45) is 0.862. The zero-order valence-electron chi connectivity index (χ0n) is 11.1. The van der Waals surface area contributed by atoms with Crippen LogP contribution in [0.1, 0.15) is 25.8 Å². The maximum absolute atomic E-state index is 11.9. The second-order valence-electron chi connectivity index (χ2n) is 4.69. The molecule has 0 aliphatic carbocycles. The lowest BCUT2D eigenvalue weighted by Gasteiger charge is -2.18. The maximum Gasteiger partial charge on any atom is 0.311 e. The van der Waals surface area contributed by atoms with Crippen molar-refractivity contribution in [2.45, 2.75) is 26.3 Å². The van der Waals surface area contributed by atoms with Gasteiger partial charge in [0.1, 0.15) is 0 Å². The van der Waals surface area contributed by atoms with Gasteiger partial charge in [-0.2, -0.15) is 0 Å². The topological polar surface area (TPSA) is 38.7 Å². The Morgan fingerprint density at radius 2 is 2.00 bits per heavy atom. The fourth-order valence-corrected chi connectivity index (χ4v) is 2.67. The average Bonchev–Trinajstić information content (AvgIpc) is 2.76. The molecule has 1 heterocycles. The van der Waals surface area contributed by atoms with Gasteiger partial charge in [0.05, 0.1) is 19.1 Å². The minimum atomic E-state index is -0.149. The molecule has 3 heteroatoms. The van der Waals surface area contributed by atoms with E-state index in [9.17, 15) is 4.79 Å². The predicted octanol–water partition coefficient (Wildman–Crippen LogP) is 2.69. The second kappa shape index (κ2) is 5.34. The molecule has 3 atom stereocenters. The summed E-state index contributed by atoms with van der Waals surface area (Å²) in [6.45, 7) is 4.12. The van der Waals surface area contributed by atoms with Gasteiger partial charge in [-0.1, -0.05) is 44.2 Å². The van der Waals surface area contributed by atoms with E-state index in [-0.39, 0.29) is 23.8 Å². The Hall–Kier alpha value is -1.64. The smallest absolute Gasteiger partial charge is 0.311 e. The van der Waals surface area contributed by atoms with Gasteiger partial charge in [-0.3, -0.25) is 9.79 Å². The van der Waals surface area contributed by atoms with Crippen LogP contribution in [0, 0.1) is 11.8 Å². The van der Waals surface area contributed by atoms with Crippen LogP contribution in [0.5, 0.6) is 0 Å². The van der Waals surface area contributed by atoms with Crippen molar-refractivity contribution in [1.82, 2.24) is 0 Å². The third kappa shape index (κ3) is 2.17. The fourth-order valence-electron chi connectivity index (χ4n) is 2.67. The number of carbonyl (C=O) groups excluding carboxylic acids is 1. The summed E-state index contributed by atoms with van der Waals surface area (Å²) in [4.78, 5) is 16.6. The lowest BCUT2D eigenvalue weighted by Crippen LogP contribution is -2.30. The highest BCUT2D eigenvalue weighted by Gasteiger charge is 2.41. The molecule has 0 aromatic heterocycles. The van der Waals surface area contributed by atoms with E-state index < -0.39 is 0 Å². The van der Waals surface area contributed by atoms with Crippen LogP contribution < -0.4 is 0 Å². The number of benzene rings is 1. The minimum absolute atomic E-state index is 0.0441. The summed E-state index contributed by atoms with van der Waals surface area (Å²) in [7, 11) is 1.45. The van der Waals surface area contributed by atoms with E-state index in [4.69, 9.17) is 9.73 Å². The summed E-state index contributed by atoms with van der Waals surface area (Å²) in [5, 5.41) is 0. The molecular weight excluding hydrogens is 226 g/mol. The summed E-state index contributed by atoms with van der Waals surface area (Å²) < 4.78 is 4.91. The number of rotatable bonds is 3. The van der Waals surface area contributed by atoms with E-state index in [1.807, 2.05) is 30.3 Å². The maximum atomic E-state index is 11.9.